The summed E-state index contributed by atoms with van der Waals surface area (Å²) < 4.78 is 12.8. The van der Waals surface area contributed by atoms with Gasteiger partial charge in [-0.25, -0.2) is 4.79 Å². The lowest BCUT2D eigenvalue weighted by Crippen LogP contribution is -2.47. The predicted molar refractivity (Wildman–Crippen MR) is 169 cm³/mol. The maximum atomic E-state index is 14.3. The van der Waals surface area contributed by atoms with Crippen molar-refractivity contribution < 1.29 is 19.1 Å². The van der Waals surface area contributed by atoms with E-state index in [9.17, 15) is 9.59 Å². The molecule has 0 bridgehead atoms. The second kappa shape index (κ2) is 14.3. The Balaban J connectivity index is 1.45. The molecule has 1 fully saturated rings. The fourth-order valence-electron chi connectivity index (χ4n) is 6.23. The smallest absolute Gasteiger partial charge is 0.338 e. The van der Waals surface area contributed by atoms with Gasteiger partial charge < -0.3 is 14.8 Å². The summed E-state index contributed by atoms with van der Waals surface area (Å²) in [6, 6.07) is 38.0. The molecule has 1 aliphatic carbocycles. The Hall–Kier alpha value is -4.22. The van der Waals surface area contributed by atoms with E-state index in [-0.39, 0.29) is 30.0 Å². The molecule has 4 atom stereocenters. The number of benzene rings is 4. The molecule has 5 nitrogen and oxygen atoms in total. The summed E-state index contributed by atoms with van der Waals surface area (Å²) in [6.07, 6.45) is 2.55. The summed E-state index contributed by atoms with van der Waals surface area (Å²) in [5, 5.41) is 3.11. The van der Waals surface area contributed by atoms with Gasteiger partial charge in [-0.15, -0.1) is 0 Å². The molecule has 4 aromatic carbocycles. The lowest BCUT2D eigenvalue weighted by Gasteiger charge is -2.42. The molecule has 0 aromatic heterocycles. The zero-order valence-electron chi connectivity index (χ0n) is 25.0. The minimum absolute atomic E-state index is 0.149. The molecule has 0 saturated heterocycles. The summed E-state index contributed by atoms with van der Waals surface area (Å²) in [5.41, 5.74) is 3.26. The van der Waals surface area contributed by atoms with Crippen molar-refractivity contribution in [3.63, 3.8) is 0 Å². The molecular formula is C38H41NO4. The van der Waals surface area contributed by atoms with Crippen molar-refractivity contribution in [2.45, 2.75) is 69.8 Å². The number of rotatable bonds is 11. The van der Waals surface area contributed by atoms with Gasteiger partial charge in [-0.1, -0.05) is 129 Å². The minimum atomic E-state index is -1.06. The van der Waals surface area contributed by atoms with E-state index in [1.165, 1.54) is 5.56 Å². The first-order valence-electron chi connectivity index (χ1n) is 15.3. The van der Waals surface area contributed by atoms with Crippen LogP contribution in [0.4, 0.5) is 0 Å². The molecule has 5 rings (SSSR count). The predicted octanol–water partition coefficient (Wildman–Crippen LogP) is 7.82. The SMILES string of the molecule is CC(C)(c1ccccc1)[C@@H]1CCCC[C@@H]1OC(=O)[C@H](OCc1ccccc1)[C@@H](NC(=O)c1ccccc1)c1ccccc1. The number of nitrogens with one attached hydrogen (secondary N) is 1. The number of carbonyl (C=O) groups excluding carboxylic acids is 2. The van der Waals surface area contributed by atoms with E-state index in [1.807, 2.05) is 84.9 Å². The first-order valence-corrected chi connectivity index (χ1v) is 15.3. The number of ether oxygens (including phenoxy) is 2. The molecule has 0 radical (unpaired) electrons. The highest BCUT2D eigenvalue weighted by atomic mass is 16.6. The Labute approximate surface area is 255 Å². The summed E-state index contributed by atoms with van der Waals surface area (Å²) in [5.74, 6) is -0.591. The van der Waals surface area contributed by atoms with Crippen molar-refractivity contribution >= 4 is 11.9 Å². The summed E-state index contributed by atoms with van der Waals surface area (Å²) >= 11 is 0. The number of hydrogen-bond donors (Lipinski definition) is 1. The van der Waals surface area contributed by atoms with Crippen molar-refractivity contribution in [3.05, 3.63) is 144 Å². The molecule has 1 N–H and O–H groups in total. The van der Waals surface area contributed by atoms with E-state index in [2.05, 4.69) is 43.4 Å². The van der Waals surface area contributed by atoms with Crippen molar-refractivity contribution in [3.8, 4) is 0 Å². The summed E-state index contributed by atoms with van der Waals surface area (Å²) in [4.78, 5) is 27.7. The van der Waals surface area contributed by atoms with Crippen molar-refractivity contribution in [2.75, 3.05) is 0 Å². The minimum Gasteiger partial charge on any atom is -0.460 e. The van der Waals surface area contributed by atoms with Crippen LogP contribution in [-0.2, 0) is 26.3 Å². The first kappa shape index (κ1) is 30.2. The third-order valence-corrected chi connectivity index (χ3v) is 8.70. The molecule has 5 heteroatoms. The Morgan fingerprint density at radius 1 is 0.767 bits per heavy atom. The van der Waals surface area contributed by atoms with Crippen LogP contribution in [0.3, 0.4) is 0 Å². The van der Waals surface area contributed by atoms with Crippen LogP contribution in [0.5, 0.6) is 0 Å². The van der Waals surface area contributed by atoms with Crippen molar-refractivity contribution in [2.24, 2.45) is 5.92 Å². The van der Waals surface area contributed by atoms with Gasteiger partial charge in [-0.3, -0.25) is 4.79 Å². The molecule has 0 heterocycles. The maximum Gasteiger partial charge on any atom is 0.338 e. The number of amides is 1. The van der Waals surface area contributed by atoms with E-state index >= 15 is 0 Å². The fraction of sp³-hybridized carbons (Fsp3) is 0.316. The van der Waals surface area contributed by atoms with Gasteiger partial charge in [0.05, 0.1) is 12.6 Å². The van der Waals surface area contributed by atoms with Gasteiger partial charge in [0.1, 0.15) is 6.10 Å². The van der Waals surface area contributed by atoms with E-state index in [4.69, 9.17) is 9.47 Å². The Bertz CT molecular complexity index is 1440. The van der Waals surface area contributed by atoms with Crippen molar-refractivity contribution in [1.29, 1.82) is 0 Å². The number of hydrogen-bond acceptors (Lipinski definition) is 4. The third-order valence-electron chi connectivity index (χ3n) is 8.70. The average Bonchev–Trinajstić information content (AvgIpc) is 3.06. The van der Waals surface area contributed by atoms with Gasteiger partial charge in [-0.05, 0) is 53.5 Å². The van der Waals surface area contributed by atoms with Gasteiger partial charge in [0.2, 0.25) is 0 Å². The van der Waals surface area contributed by atoms with Crippen LogP contribution in [0, 0.1) is 5.92 Å². The zero-order chi connectivity index (χ0) is 30.1. The molecule has 0 unspecified atom stereocenters. The van der Waals surface area contributed by atoms with Crippen molar-refractivity contribution in [1.82, 2.24) is 5.32 Å². The molecule has 0 spiro atoms. The molecule has 4 aromatic rings. The highest BCUT2D eigenvalue weighted by Crippen LogP contribution is 2.42. The van der Waals surface area contributed by atoms with Gasteiger partial charge in [-0.2, -0.15) is 0 Å². The van der Waals surface area contributed by atoms with Crippen LogP contribution in [0.15, 0.2) is 121 Å². The standard InChI is InChI=1S/C38H41NO4/c1-38(2,31-23-13-6-14-24-31)32-25-15-16-26-33(32)43-37(41)35(42-27-28-17-7-3-8-18-28)34(29-19-9-4-10-20-29)39-36(40)30-21-11-5-12-22-30/h3-14,17-24,32-35H,15-16,25-27H2,1-2H3,(H,39,40)/t32-,33+,34+,35-/m1/s1. The second-order valence-corrected chi connectivity index (χ2v) is 11.9. The van der Waals surface area contributed by atoms with E-state index < -0.39 is 18.1 Å². The van der Waals surface area contributed by atoms with E-state index in [1.54, 1.807) is 12.1 Å². The number of esters is 1. The molecule has 1 aliphatic rings. The molecule has 43 heavy (non-hydrogen) atoms. The third kappa shape index (κ3) is 7.60. The maximum absolute atomic E-state index is 14.3. The average molecular weight is 576 g/mol. The van der Waals surface area contributed by atoms with Crippen LogP contribution in [0.2, 0.25) is 0 Å². The Kier molecular flexibility index (Phi) is 10.1. The molecular weight excluding hydrogens is 534 g/mol. The highest BCUT2D eigenvalue weighted by molar-refractivity contribution is 5.95. The molecule has 1 saturated carbocycles. The normalized spacial score (nSPS) is 18.3. The largest absolute Gasteiger partial charge is 0.460 e. The highest BCUT2D eigenvalue weighted by Gasteiger charge is 2.42. The topological polar surface area (TPSA) is 64.6 Å². The monoisotopic (exact) mass is 575 g/mol. The van der Waals surface area contributed by atoms with Crippen LogP contribution in [0.25, 0.3) is 0 Å². The van der Waals surface area contributed by atoms with Crippen LogP contribution >= 0.6 is 0 Å². The first-order chi connectivity index (χ1) is 20.9. The van der Waals surface area contributed by atoms with Crippen LogP contribution in [-0.4, -0.2) is 24.1 Å². The summed E-state index contributed by atoms with van der Waals surface area (Å²) in [7, 11) is 0. The lowest BCUT2D eigenvalue weighted by atomic mass is 9.66. The van der Waals surface area contributed by atoms with Gasteiger partial charge in [0, 0.05) is 11.5 Å². The van der Waals surface area contributed by atoms with E-state index in [0.717, 1.165) is 36.8 Å². The van der Waals surface area contributed by atoms with Gasteiger partial charge in [0.25, 0.3) is 5.91 Å². The fourth-order valence-corrected chi connectivity index (χ4v) is 6.23. The number of carbonyl (C=O) groups is 2. The molecule has 222 valence electrons. The quantitative estimate of drug-likeness (QED) is 0.185. The van der Waals surface area contributed by atoms with Crippen LogP contribution < -0.4 is 5.32 Å². The molecule has 1 amide bonds. The second-order valence-electron chi connectivity index (χ2n) is 11.9. The van der Waals surface area contributed by atoms with E-state index in [0.29, 0.717) is 5.56 Å². The Morgan fingerprint density at radius 2 is 1.33 bits per heavy atom. The Morgan fingerprint density at radius 3 is 1.98 bits per heavy atom. The summed E-state index contributed by atoms with van der Waals surface area (Å²) in [6.45, 7) is 4.69. The van der Waals surface area contributed by atoms with Gasteiger partial charge >= 0.3 is 5.97 Å². The zero-order valence-corrected chi connectivity index (χ0v) is 25.0. The lowest BCUT2D eigenvalue weighted by molar-refractivity contribution is -0.172. The molecule has 0 aliphatic heterocycles. The van der Waals surface area contributed by atoms with Crippen LogP contribution in [0.1, 0.15) is 72.6 Å². The van der Waals surface area contributed by atoms with Gasteiger partial charge in [0.15, 0.2) is 6.10 Å².